The van der Waals surface area contributed by atoms with Crippen molar-refractivity contribution in [2.24, 2.45) is 0 Å². The number of hydrogen-bond acceptors (Lipinski definition) is 3. The van der Waals surface area contributed by atoms with Crippen LogP contribution < -0.4 is 9.47 Å². The largest absolute Gasteiger partial charge is 0.493 e. The summed E-state index contributed by atoms with van der Waals surface area (Å²) in [5, 5.41) is 10.5. The van der Waals surface area contributed by atoms with E-state index in [0.29, 0.717) is 39.3 Å². The molecule has 25 heavy (non-hydrogen) atoms. The Labute approximate surface area is 171 Å². The summed E-state index contributed by atoms with van der Waals surface area (Å²) in [6.07, 6.45) is 2.68. The SMILES string of the molecule is CCCOc1c(I)cc(/C=C(\C#N)c2ccc(Cl)cc2Cl)cc1OC. The first-order chi connectivity index (χ1) is 12.0. The number of hydrogen-bond donors (Lipinski definition) is 0. The van der Waals surface area contributed by atoms with E-state index in [-0.39, 0.29) is 0 Å². The molecule has 2 aromatic carbocycles. The Bertz CT molecular complexity index is 844. The lowest BCUT2D eigenvalue weighted by atomic mass is 10.0. The van der Waals surface area contributed by atoms with Gasteiger partial charge in [0.25, 0.3) is 0 Å². The molecule has 0 saturated heterocycles. The second kappa shape index (κ2) is 9.33. The minimum atomic E-state index is 0.435. The Balaban J connectivity index is 2.47. The third-order valence-electron chi connectivity index (χ3n) is 3.36. The quantitative estimate of drug-likeness (QED) is 0.267. The van der Waals surface area contributed by atoms with E-state index in [1.165, 1.54) is 0 Å². The molecule has 0 fully saturated rings. The summed E-state index contributed by atoms with van der Waals surface area (Å²) >= 11 is 14.3. The van der Waals surface area contributed by atoms with Gasteiger partial charge in [-0.1, -0.05) is 36.2 Å². The minimum absolute atomic E-state index is 0.435. The Hall–Kier alpha value is -1.42. The van der Waals surface area contributed by atoms with Crippen LogP contribution in [0.2, 0.25) is 10.0 Å². The first-order valence-corrected chi connectivity index (χ1v) is 9.41. The summed E-state index contributed by atoms with van der Waals surface area (Å²) in [5.41, 5.74) is 1.91. The van der Waals surface area contributed by atoms with Crippen LogP contribution in [0.3, 0.4) is 0 Å². The van der Waals surface area contributed by atoms with Crippen LogP contribution in [0, 0.1) is 14.9 Å². The Morgan fingerprint density at radius 2 is 2.04 bits per heavy atom. The summed E-state index contributed by atoms with van der Waals surface area (Å²) in [4.78, 5) is 0. The predicted octanol–water partition coefficient (Wildman–Crippen LogP) is 6.46. The molecule has 2 rings (SSSR count). The van der Waals surface area contributed by atoms with Gasteiger partial charge >= 0.3 is 0 Å². The van der Waals surface area contributed by atoms with E-state index in [1.807, 2.05) is 19.1 Å². The van der Waals surface area contributed by atoms with Crippen LogP contribution in [-0.4, -0.2) is 13.7 Å². The van der Waals surface area contributed by atoms with Gasteiger partial charge in [-0.2, -0.15) is 5.26 Å². The van der Waals surface area contributed by atoms with Crippen molar-refractivity contribution >= 4 is 57.4 Å². The van der Waals surface area contributed by atoms with E-state index in [4.69, 9.17) is 32.7 Å². The van der Waals surface area contributed by atoms with Crippen molar-refractivity contribution in [1.82, 2.24) is 0 Å². The van der Waals surface area contributed by atoms with Crippen molar-refractivity contribution < 1.29 is 9.47 Å². The zero-order chi connectivity index (χ0) is 18.4. The fourth-order valence-electron chi connectivity index (χ4n) is 2.21. The molecule has 0 amide bonds. The molecule has 130 valence electrons. The van der Waals surface area contributed by atoms with Crippen LogP contribution in [-0.2, 0) is 0 Å². The molecule has 0 saturated carbocycles. The van der Waals surface area contributed by atoms with Gasteiger partial charge in [-0.25, -0.2) is 0 Å². The highest BCUT2D eigenvalue weighted by molar-refractivity contribution is 14.1. The number of halogens is 3. The maximum Gasteiger partial charge on any atom is 0.174 e. The second-order valence-electron chi connectivity index (χ2n) is 5.18. The molecule has 0 heterocycles. The minimum Gasteiger partial charge on any atom is -0.493 e. The molecule has 3 nitrogen and oxygen atoms in total. The van der Waals surface area contributed by atoms with Gasteiger partial charge in [0.2, 0.25) is 0 Å². The lowest BCUT2D eigenvalue weighted by Gasteiger charge is -2.13. The van der Waals surface area contributed by atoms with Gasteiger partial charge in [0.1, 0.15) is 0 Å². The third kappa shape index (κ3) is 5.04. The van der Waals surface area contributed by atoms with E-state index in [2.05, 4.69) is 28.7 Å². The molecule has 0 aliphatic heterocycles. The zero-order valence-corrected chi connectivity index (χ0v) is 17.4. The monoisotopic (exact) mass is 487 g/mol. The topological polar surface area (TPSA) is 42.2 Å². The second-order valence-corrected chi connectivity index (χ2v) is 7.18. The smallest absolute Gasteiger partial charge is 0.174 e. The van der Waals surface area contributed by atoms with E-state index in [9.17, 15) is 5.26 Å². The van der Waals surface area contributed by atoms with Crippen molar-refractivity contribution in [2.45, 2.75) is 13.3 Å². The number of nitriles is 1. The predicted molar refractivity (Wildman–Crippen MR) is 111 cm³/mol. The van der Waals surface area contributed by atoms with E-state index in [0.717, 1.165) is 15.6 Å². The van der Waals surface area contributed by atoms with E-state index >= 15 is 0 Å². The summed E-state index contributed by atoms with van der Waals surface area (Å²) in [5.74, 6) is 1.34. The van der Waals surface area contributed by atoms with Crippen LogP contribution >= 0.6 is 45.8 Å². The van der Waals surface area contributed by atoms with Crippen molar-refractivity contribution in [3.05, 3.63) is 55.1 Å². The highest BCUT2D eigenvalue weighted by Crippen LogP contribution is 2.36. The lowest BCUT2D eigenvalue weighted by Crippen LogP contribution is -2.00. The van der Waals surface area contributed by atoms with Crippen molar-refractivity contribution in [3.63, 3.8) is 0 Å². The fourth-order valence-corrected chi connectivity index (χ4v) is 3.50. The average molecular weight is 488 g/mol. The molecular weight excluding hydrogens is 472 g/mol. The summed E-state index contributed by atoms with van der Waals surface area (Å²) in [6, 6.07) is 11.0. The summed E-state index contributed by atoms with van der Waals surface area (Å²) < 4.78 is 12.1. The fraction of sp³-hybridized carbons (Fsp3) is 0.211. The first kappa shape index (κ1) is 19.9. The van der Waals surface area contributed by atoms with Crippen LogP contribution in [0.1, 0.15) is 24.5 Å². The van der Waals surface area contributed by atoms with Gasteiger partial charge in [-0.15, -0.1) is 0 Å². The molecule has 0 N–H and O–H groups in total. The molecule has 0 aromatic heterocycles. The number of nitrogens with zero attached hydrogens (tertiary/aromatic N) is 1. The molecular formula is C19H16Cl2INO2. The molecule has 2 aromatic rings. The van der Waals surface area contributed by atoms with Crippen molar-refractivity contribution in [3.8, 4) is 17.6 Å². The molecule has 0 spiro atoms. The van der Waals surface area contributed by atoms with Crippen molar-refractivity contribution in [1.29, 1.82) is 5.26 Å². The maximum atomic E-state index is 9.53. The highest BCUT2D eigenvalue weighted by atomic mass is 127. The number of methoxy groups -OCH3 is 1. The molecule has 0 unspecified atom stereocenters. The molecule has 0 aliphatic carbocycles. The van der Waals surface area contributed by atoms with Crippen LogP contribution in [0.5, 0.6) is 11.5 Å². The van der Waals surface area contributed by atoms with Crippen molar-refractivity contribution in [2.75, 3.05) is 13.7 Å². The highest BCUT2D eigenvalue weighted by Gasteiger charge is 2.12. The van der Waals surface area contributed by atoms with Gasteiger partial charge in [0.05, 0.1) is 34.0 Å². The normalized spacial score (nSPS) is 11.1. The molecule has 0 radical (unpaired) electrons. The maximum absolute atomic E-state index is 9.53. The average Bonchev–Trinajstić information content (AvgIpc) is 2.58. The lowest BCUT2D eigenvalue weighted by molar-refractivity contribution is 0.292. The van der Waals surface area contributed by atoms with Gasteiger partial charge in [-0.3, -0.25) is 0 Å². The summed E-state index contributed by atoms with van der Waals surface area (Å²) in [7, 11) is 1.60. The number of allylic oxidation sites excluding steroid dienone is 1. The Kier molecular flexibility index (Phi) is 7.42. The first-order valence-electron chi connectivity index (χ1n) is 7.57. The van der Waals surface area contributed by atoms with E-state index < -0.39 is 0 Å². The van der Waals surface area contributed by atoms with Crippen LogP contribution in [0.4, 0.5) is 0 Å². The van der Waals surface area contributed by atoms with Crippen LogP contribution in [0.15, 0.2) is 30.3 Å². The van der Waals surface area contributed by atoms with Gasteiger partial charge in [-0.05, 0) is 64.9 Å². The molecule has 0 aliphatic rings. The molecule has 0 bridgehead atoms. The van der Waals surface area contributed by atoms with E-state index in [1.54, 1.807) is 31.4 Å². The standard InChI is InChI=1S/C19H16Cl2INO2/c1-3-6-25-19-17(22)8-12(9-18(19)24-2)7-13(11-23)15-5-4-14(20)10-16(15)21/h4-5,7-10H,3,6H2,1-2H3/b13-7+. The molecule has 0 atom stereocenters. The Morgan fingerprint density at radius 3 is 2.64 bits per heavy atom. The number of ether oxygens (including phenoxy) is 2. The van der Waals surface area contributed by atoms with Crippen LogP contribution in [0.25, 0.3) is 11.6 Å². The van der Waals surface area contributed by atoms with Gasteiger partial charge < -0.3 is 9.47 Å². The Morgan fingerprint density at radius 1 is 1.28 bits per heavy atom. The van der Waals surface area contributed by atoms with Gasteiger partial charge in [0, 0.05) is 10.6 Å². The molecule has 6 heteroatoms. The van der Waals surface area contributed by atoms with Gasteiger partial charge in [0.15, 0.2) is 11.5 Å². The number of benzene rings is 2. The third-order valence-corrected chi connectivity index (χ3v) is 4.70. The number of rotatable bonds is 6. The summed E-state index contributed by atoms with van der Waals surface area (Å²) in [6.45, 7) is 2.66. The zero-order valence-electron chi connectivity index (χ0n) is 13.8.